The lowest BCUT2D eigenvalue weighted by Gasteiger charge is -2.22. The molecule has 0 radical (unpaired) electrons. The van der Waals surface area contributed by atoms with Gasteiger partial charge in [-0.15, -0.1) is 0 Å². The standard InChI is InChI=1S/C14H19N5O2/c1-11-14(18-21-17-11)10-20-13-7-12(8-16-9-13)19-5-2-3-15-4-6-19/h7-9,15H,2-6,10H2,1H3. The second kappa shape index (κ2) is 6.53. The molecule has 0 amide bonds. The van der Waals surface area contributed by atoms with Crippen molar-refractivity contribution in [3.63, 3.8) is 0 Å². The van der Waals surface area contributed by atoms with Crippen LogP contribution in [0.2, 0.25) is 0 Å². The Balaban J connectivity index is 1.66. The first-order valence-corrected chi connectivity index (χ1v) is 7.14. The van der Waals surface area contributed by atoms with Crippen LogP contribution in [0.1, 0.15) is 17.8 Å². The minimum absolute atomic E-state index is 0.335. The summed E-state index contributed by atoms with van der Waals surface area (Å²) in [5, 5.41) is 10.9. The van der Waals surface area contributed by atoms with Gasteiger partial charge in [-0.3, -0.25) is 4.98 Å². The molecule has 3 rings (SSSR count). The molecule has 3 heterocycles. The molecule has 0 unspecified atom stereocenters. The molecule has 0 atom stereocenters. The zero-order valence-electron chi connectivity index (χ0n) is 12.1. The molecule has 0 spiro atoms. The van der Waals surface area contributed by atoms with Gasteiger partial charge in [0.25, 0.3) is 0 Å². The second-order valence-corrected chi connectivity index (χ2v) is 5.05. The van der Waals surface area contributed by atoms with Crippen LogP contribution in [0.5, 0.6) is 5.75 Å². The molecule has 7 heteroatoms. The maximum absolute atomic E-state index is 5.73. The molecule has 2 aromatic rings. The van der Waals surface area contributed by atoms with E-state index in [1.54, 1.807) is 6.20 Å². The number of rotatable bonds is 4. The smallest absolute Gasteiger partial charge is 0.145 e. The Hall–Kier alpha value is -2.15. The average Bonchev–Trinajstić information content (AvgIpc) is 2.77. The van der Waals surface area contributed by atoms with Crippen LogP contribution in [0.3, 0.4) is 0 Å². The number of anilines is 1. The SMILES string of the molecule is Cc1nonc1COc1cncc(N2CCCNCC2)c1. The lowest BCUT2D eigenvalue weighted by molar-refractivity contribution is 0.269. The Kier molecular flexibility index (Phi) is 4.30. The topological polar surface area (TPSA) is 76.3 Å². The Morgan fingerprint density at radius 2 is 2.24 bits per heavy atom. The number of aromatic nitrogens is 3. The van der Waals surface area contributed by atoms with Crippen molar-refractivity contribution in [2.75, 3.05) is 31.1 Å². The summed E-state index contributed by atoms with van der Waals surface area (Å²) in [4.78, 5) is 6.59. The van der Waals surface area contributed by atoms with E-state index in [2.05, 4.69) is 30.1 Å². The van der Waals surface area contributed by atoms with Gasteiger partial charge in [0.05, 0.1) is 18.1 Å². The fourth-order valence-electron chi connectivity index (χ4n) is 2.30. The van der Waals surface area contributed by atoms with Gasteiger partial charge in [-0.05, 0) is 19.9 Å². The molecule has 1 saturated heterocycles. The van der Waals surface area contributed by atoms with Gasteiger partial charge in [-0.25, -0.2) is 4.63 Å². The molecule has 0 aliphatic carbocycles. The van der Waals surface area contributed by atoms with E-state index in [-0.39, 0.29) is 0 Å². The number of aryl methyl sites for hydroxylation is 1. The van der Waals surface area contributed by atoms with Crippen molar-refractivity contribution in [1.29, 1.82) is 0 Å². The van der Waals surface area contributed by atoms with Crippen LogP contribution in [0.15, 0.2) is 23.1 Å². The van der Waals surface area contributed by atoms with Crippen molar-refractivity contribution in [3.8, 4) is 5.75 Å². The Bertz CT molecular complexity index is 578. The van der Waals surface area contributed by atoms with E-state index in [1.165, 1.54) is 0 Å². The van der Waals surface area contributed by atoms with Crippen molar-refractivity contribution in [3.05, 3.63) is 29.8 Å². The van der Waals surface area contributed by atoms with Crippen molar-refractivity contribution in [2.24, 2.45) is 0 Å². The summed E-state index contributed by atoms with van der Waals surface area (Å²) >= 11 is 0. The quantitative estimate of drug-likeness (QED) is 0.904. The molecule has 1 N–H and O–H groups in total. The van der Waals surface area contributed by atoms with Crippen LogP contribution < -0.4 is 15.0 Å². The normalized spacial score (nSPS) is 15.8. The third-order valence-corrected chi connectivity index (χ3v) is 3.53. The number of nitrogens with one attached hydrogen (secondary N) is 1. The predicted molar refractivity (Wildman–Crippen MR) is 77.3 cm³/mol. The monoisotopic (exact) mass is 289 g/mol. The molecule has 112 valence electrons. The number of hydrogen-bond acceptors (Lipinski definition) is 7. The third kappa shape index (κ3) is 3.49. The highest BCUT2D eigenvalue weighted by Crippen LogP contribution is 2.21. The van der Waals surface area contributed by atoms with Gasteiger partial charge in [-0.2, -0.15) is 0 Å². The van der Waals surface area contributed by atoms with Gasteiger partial charge in [0, 0.05) is 25.7 Å². The van der Waals surface area contributed by atoms with Crippen LogP contribution in [-0.4, -0.2) is 41.5 Å². The summed E-state index contributed by atoms with van der Waals surface area (Å²) in [7, 11) is 0. The fourth-order valence-corrected chi connectivity index (χ4v) is 2.30. The maximum atomic E-state index is 5.73. The lowest BCUT2D eigenvalue weighted by atomic mass is 10.3. The zero-order chi connectivity index (χ0) is 14.5. The largest absolute Gasteiger partial charge is 0.485 e. The van der Waals surface area contributed by atoms with Crippen molar-refractivity contribution in [2.45, 2.75) is 20.0 Å². The Morgan fingerprint density at radius 1 is 1.29 bits per heavy atom. The molecule has 7 nitrogen and oxygen atoms in total. The van der Waals surface area contributed by atoms with Crippen LogP contribution in [0, 0.1) is 6.92 Å². The first-order valence-electron chi connectivity index (χ1n) is 7.14. The van der Waals surface area contributed by atoms with E-state index in [9.17, 15) is 0 Å². The number of hydrogen-bond donors (Lipinski definition) is 1. The second-order valence-electron chi connectivity index (χ2n) is 5.05. The molecule has 0 bridgehead atoms. The molecule has 1 aliphatic rings. The van der Waals surface area contributed by atoms with E-state index in [0.29, 0.717) is 12.3 Å². The van der Waals surface area contributed by atoms with E-state index in [1.807, 2.05) is 19.2 Å². The first-order chi connectivity index (χ1) is 10.3. The first kappa shape index (κ1) is 13.8. The van der Waals surface area contributed by atoms with Gasteiger partial charge >= 0.3 is 0 Å². The minimum Gasteiger partial charge on any atom is -0.485 e. The number of ether oxygens (including phenoxy) is 1. The van der Waals surface area contributed by atoms with Crippen LogP contribution in [-0.2, 0) is 6.61 Å². The molecule has 21 heavy (non-hydrogen) atoms. The highest BCUT2D eigenvalue weighted by Gasteiger charge is 2.11. The summed E-state index contributed by atoms with van der Waals surface area (Å²) in [6.07, 6.45) is 4.72. The van der Waals surface area contributed by atoms with Gasteiger partial charge in [0.1, 0.15) is 23.7 Å². The Labute approximate surface area is 123 Å². The molecular weight excluding hydrogens is 270 g/mol. The van der Waals surface area contributed by atoms with Crippen molar-refractivity contribution >= 4 is 5.69 Å². The van der Waals surface area contributed by atoms with Crippen LogP contribution in [0.4, 0.5) is 5.69 Å². The molecule has 1 fully saturated rings. The highest BCUT2D eigenvalue weighted by atomic mass is 16.6. The zero-order valence-corrected chi connectivity index (χ0v) is 12.1. The highest BCUT2D eigenvalue weighted by molar-refractivity contribution is 5.48. The maximum Gasteiger partial charge on any atom is 0.145 e. The number of nitrogens with zero attached hydrogens (tertiary/aromatic N) is 4. The predicted octanol–water partition coefficient (Wildman–Crippen LogP) is 1.15. The van der Waals surface area contributed by atoms with E-state index in [0.717, 1.165) is 49.7 Å². The van der Waals surface area contributed by atoms with E-state index < -0.39 is 0 Å². The van der Waals surface area contributed by atoms with Gasteiger partial charge in [-0.1, -0.05) is 10.3 Å². The molecule has 2 aromatic heterocycles. The Morgan fingerprint density at radius 3 is 3.10 bits per heavy atom. The summed E-state index contributed by atoms with van der Waals surface area (Å²) in [5.41, 5.74) is 2.54. The summed E-state index contributed by atoms with van der Waals surface area (Å²) in [6, 6.07) is 2.02. The molecular formula is C14H19N5O2. The lowest BCUT2D eigenvalue weighted by Crippen LogP contribution is -2.27. The molecule has 0 aromatic carbocycles. The van der Waals surface area contributed by atoms with E-state index >= 15 is 0 Å². The van der Waals surface area contributed by atoms with Crippen molar-refractivity contribution < 1.29 is 9.37 Å². The van der Waals surface area contributed by atoms with Gasteiger partial charge < -0.3 is 15.0 Å². The summed E-state index contributed by atoms with van der Waals surface area (Å²) < 4.78 is 10.4. The minimum atomic E-state index is 0.335. The fraction of sp³-hybridized carbons (Fsp3) is 0.500. The molecule has 1 aliphatic heterocycles. The summed E-state index contributed by atoms with van der Waals surface area (Å²) in [5.74, 6) is 0.729. The van der Waals surface area contributed by atoms with Gasteiger partial charge in [0.15, 0.2) is 0 Å². The molecule has 0 saturated carbocycles. The average molecular weight is 289 g/mol. The van der Waals surface area contributed by atoms with Crippen LogP contribution >= 0.6 is 0 Å². The van der Waals surface area contributed by atoms with Gasteiger partial charge in [0.2, 0.25) is 0 Å². The van der Waals surface area contributed by atoms with Crippen molar-refractivity contribution in [1.82, 2.24) is 20.6 Å². The summed E-state index contributed by atoms with van der Waals surface area (Å²) in [6.45, 7) is 6.26. The third-order valence-electron chi connectivity index (χ3n) is 3.53. The van der Waals surface area contributed by atoms with Crippen LogP contribution in [0.25, 0.3) is 0 Å². The number of pyridine rings is 1. The van der Waals surface area contributed by atoms with E-state index in [4.69, 9.17) is 4.74 Å².